The monoisotopic (exact) mass is 372 g/mol. The number of β-amino-alcohol motifs (C(OH)–C–C–N with tert-alkyl or cyclic N) is 1. The summed E-state index contributed by atoms with van der Waals surface area (Å²) in [5.74, 6) is 0.598. The van der Waals surface area contributed by atoms with Crippen molar-refractivity contribution in [1.82, 2.24) is 9.88 Å². The topological polar surface area (TPSA) is 98.2 Å². The summed E-state index contributed by atoms with van der Waals surface area (Å²) in [6.45, 7) is -0.167. The first kappa shape index (κ1) is 18.7. The number of aromatic nitrogens is 1. The molecule has 27 heavy (non-hydrogen) atoms. The van der Waals surface area contributed by atoms with Gasteiger partial charge in [-0.3, -0.25) is 4.79 Å². The molecule has 2 aromatic rings. The highest BCUT2D eigenvalue weighted by Gasteiger charge is 2.39. The number of amides is 1. The first-order valence-electron chi connectivity index (χ1n) is 8.44. The molecule has 0 unspecified atom stereocenters. The number of benzene rings is 1. The number of methoxy groups -OCH3 is 1. The van der Waals surface area contributed by atoms with E-state index in [1.807, 2.05) is 6.07 Å². The van der Waals surface area contributed by atoms with Gasteiger partial charge in [0.05, 0.1) is 13.2 Å². The second kappa shape index (κ2) is 8.50. The van der Waals surface area contributed by atoms with E-state index in [-0.39, 0.29) is 19.6 Å². The van der Waals surface area contributed by atoms with Crippen LogP contribution in [0.5, 0.6) is 17.4 Å². The molecule has 8 nitrogen and oxygen atoms in total. The Morgan fingerprint density at radius 1 is 1.19 bits per heavy atom. The first-order chi connectivity index (χ1) is 13.1. The number of aliphatic hydroxyl groups is 1. The summed E-state index contributed by atoms with van der Waals surface area (Å²) in [4.78, 5) is 29.5. The Kier molecular flexibility index (Phi) is 5.87. The van der Waals surface area contributed by atoms with E-state index in [1.165, 1.54) is 12.0 Å². The number of rotatable bonds is 6. The van der Waals surface area contributed by atoms with E-state index >= 15 is 0 Å². The van der Waals surface area contributed by atoms with E-state index in [1.54, 1.807) is 42.6 Å². The number of ether oxygens (including phenoxy) is 3. The van der Waals surface area contributed by atoms with Gasteiger partial charge in [0, 0.05) is 25.2 Å². The Hall–Kier alpha value is -3.13. The van der Waals surface area contributed by atoms with E-state index in [2.05, 4.69) is 9.72 Å². The van der Waals surface area contributed by atoms with Gasteiger partial charge in [-0.1, -0.05) is 6.07 Å². The van der Waals surface area contributed by atoms with Gasteiger partial charge in [0.15, 0.2) is 6.61 Å². The van der Waals surface area contributed by atoms with Crippen LogP contribution in [0.1, 0.15) is 6.42 Å². The molecule has 3 rings (SSSR count). The molecule has 0 saturated carbocycles. The van der Waals surface area contributed by atoms with Crippen molar-refractivity contribution in [3.05, 3.63) is 48.7 Å². The van der Waals surface area contributed by atoms with Crippen LogP contribution in [0.2, 0.25) is 0 Å². The van der Waals surface area contributed by atoms with Gasteiger partial charge in [-0.15, -0.1) is 0 Å². The molecule has 8 heteroatoms. The van der Waals surface area contributed by atoms with Crippen molar-refractivity contribution in [1.29, 1.82) is 0 Å². The van der Waals surface area contributed by atoms with E-state index in [9.17, 15) is 14.7 Å². The molecule has 0 bridgehead atoms. The normalized spacial score (nSPS) is 18.8. The maximum atomic E-state index is 12.4. The molecule has 0 aliphatic carbocycles. The molecule has 2 heterocycles. The van der Waals surface area contributed by atoms with Gasteiger partial charge >= 0.3 is 5.97 Å². The van der Waals surface area contributed by atoms with Crippen molar-refractivity contribution in [2.45, 2.75) is 18.6 Å². The molecule has 0 radical (unpaired) electrons. The van der Waals surface area contributed by atoms with Crippen LogP contribution >= 0.6 is 0 Å². The molecular weight excluding hydrogens is 352 g/mol. The first-order valence-corrected chi connectivity index (χ1v) is 8.44. The molecule has 142 valence electrons. The molecule has 1 aromatic heterocycles. The quantitative estimate of drug-likeness (QED) is 0.765. The molecule has 1 amide bonds. The zero-order chi connectivity index (χ0) is 19.2. The lowest BCUT2D eigenvalue weighted by atomic mass is 10.2. The number of carbonyl (C=O) groups excluding carboxylic acids is 2. The number of carbonyl (C=O) groups is 2. The summed E-state index contributed by atoms with van der Waals surface area (Å²) in [6.07, 6.45) is 1.05. The van der Waals surface area contributed by atoms with Crippen LogP contribution in [0.3, 0.4) is 0 Å². The molecular formula is C19H20N2O6. The minimum absolute atomic E-state index is 0.0822. The van der Waals surface area contributed by atoms with Gasteiger partial charge in [0.2, 0.25) is 5.88 Å². The van der Waals surface area contributed by atoms with Crippen molar-refractivity contribution in [3.63, 3.8) is 0 Å². The average molecular weight is 372 g/mol. The number of hydrogen-bond donors (Lipinski definition) is 1. The van der Waals surface area contributed by atoms with Crippen molar-refractivity contribution >= 4 is 11.9 Å². The lowest BCUT2D eigenvalue weighted by Crippen LogP contribution is -2.43. The number of aliphatic hydroxyl groups excluding tert-OH is 1. The van der Waals surface area contributed by atoms with Crippen LogP contribution in [0.4, 0.5) is 0 Å². The van der Waals surface area contributed by atoms with Crippen LogP contribution in [0, 0.1) is 0 Å². The molecule has 2 atom stereocenters. The molecule has 0 spiro atoms. The van der Waals surface area contributed by atoms with E-state index in [0.717, 1.165) is 0 Å². The van der Waals surface area contributed by atoms with E-state index < -0.39 is 24.0 Å². The highest BCUT2D eigenvalue weighted by atomic mass is 16.5. The van der Waals surface area contributed by atoms with E-state index in [4.69, 9.17) is 9.47 Å². The number of nitrogens with zero attached hydrogens (tertiary/aromatic N) is 2. The second-order valence-corrected chi connectivity index (χ2v) is 6.00. The van der Waals surface area contributed by atoms with Crippen molar-refractivity contribution in [2.24, 2.45) is 0 Å². The third-order valence-electron chi connectivity index (χ3n) is 4.12. The second-order valence-electron chi connectivity index (χ2n) is 6.00. The third-order valence-corrected chi connectivity index (χ3v) is 4.12. The highest BCUT2D eigenvalue weighted by Crippen LogP contribution is 2.23. The van der Waals surface area contributed by atoms with Crippen LogP contribution in [0.25, 0.3) is 0 Å². The zero-order valence-corrected chi connectivity index (χ0v) is 14.8. The highest BCUT2D eigenvalue weighted by molar-refractivity contribution is 5.86. The number of pyridine rings is 1. The van der Waals surface area contributed by atoms with Gasteiger partial charge in [-0.05, 0) is 30.3 Å². The summed E-state index contributed by atoms with van der Waals surface area (Å²) >= 11 is 0. The predicted octanol–water partition coefficient (Wildman–Crippen LogP) is 1.39. The van der Waals surface area contributed by atoms with Gasteiger partial charge < -0.3 is 24.2 Å². The average Bonchev–Trinajstić information content (AvgIpc) is 3.09. The molecule has 1 aliphatic rings. The third kappa shape index (κ3) is 4.73. The molecule has 1 aromatic carbocycles. The molecule has 1 saturated heterocycles. The fourth-order valence-electron chi connectivity index (χ4n) is 2.81. The fraction of sp³-hybridized carbons (Fsp3) is 0.316. The summed E-state index contributed by atoms with van der Waals surface area (Å²) in [7, 11) is 1.25. The van der Waals surface area contributed by atoms with Gasteiger partial charge in [-0.2, -0.15) is 0 Å². The predicted molar refractivity (Wildman–Crippen MR) is 94.4 cm³/mol. The fourth-order valence-corrected chi connectivity index (χ4v) is 2.81. The van der Waals surface area contributed by atoms with Crippen molar-refractivity contribution in [2.75, 3.05) is 20.3 Å². The Bertz CT molecular complexity index is 781. The lowest BCUT2D eigenvalue weighted by Gasteiger charge is -2.22. The van der Waals surface area contributed by atoms with Gasteiger partial charge in [0.1, 0.15) is 17.5 Å². The molecule has 1 N–H and O–H groups in total. The Labute approximate surface area is 156 Å². The standard InChI is InChI=1S/C19H20N2O6/c1-25-19(24)16-10-13(22)11-21(16)18(23)12-26-14-5-7-15(8-6-14)27-17-4-2-3-9-20-17/h2-9,13,16,22H,10-12H2,1H3/t13-,16+/m1/s1. The summed E-state index contributed by atoms with van der Waals surface area (Å²) < 4.78 is 15.8. The summed E-state index contributed by atoms with van der Waals surface area (Å²) in [6, 6.07) is 11.3. The summed E-state index contributed by atoms with van der Waals surface area (Å²) in [5.41, 5.74) is 0. The Morgan fingerprint density at radius 2 is 1.93 bits per heavy atom. The largest absolute Gasteiger partial charge is 0.484 e. The van der Waals surface area contributed by atoms with Crippen LogP contribution in [0.15, 0.2) is 48.7 Å². The van der Waals surface area contributed by atoms with Crippen molar-refractivity contribution in [3.8, 4) is 17.4 Å². The smallest absolute Gasteiger partial charge is 0.328 e. The minimum Gasteiger partial charge on any atom is -0.484 e. The van der Waals surface area contributed by atoms with Crippen molar-refractivity contribution < 1.29 is 28.9 Å². The maximum Gasteiger partial charge on any atom is 0.328 e. The van der Waals surface area contributed by atoms with Crippen LogP contribution in [-0.4, -0.2) is 59.3 Å². The van der Waals surface area contributed by atoms with Gasteiger partial charge in [0.25, 0.3) is 5.91 Å². The number of likely N-dealkylation sites (tertiary alicyclic amines) is 1. The van der Waals surface area contributed by atoms with Crippen LogP contribution in [-0.2, 0) is 14.3 Å². The Morgan fingerprint density at radius 3 is 2.59 bits per heavy atom. The Balaban J connectivity index is 1.55. The zero-order valence-electron chi connectivity index (χ0n) is 14.8. The van der Waals surface area contributed by atoms with Crippen LogP contribution < -0.4 is 9.47 Å². The lowest BCUT2D eigenvalue weighted by molar-refractivity contribution is -0.151. The minimum atomic E-state index is -0.782. The summed E-state index contributed by atoms with van der Waals surface area (Å²) in [5, 5.41) is 9.74. The maximum absolute atomic E-state index is 12.4. The number of esters is 1. The SMILES string of the molecule is COC(=O)[C@@H]1C[C@@H](O)CN1C(=O)COc1ccc(Oc2ccccn2)cc1. The molecule has 1 aliphatic heterocycles. The molecule has 1 fully saturated rings. The van der Waals surface area contributed by atoms with Gasteiger partial charge in [-0.25, -0.2) is 9.78 Å². The number of hydrogen-bond acceptors (Lipinski definition) is 7. The van der Waals surface area contributed by atoms with E-state index in [0.29, 0.717) is 17.4 Å².